The molecule has 21 heavy (non-hydrogen) atoms. The number of nitrogens with two attached hydrogens (primary N) is 1. The largest absolute Gasteiger partial charge is 0.496 e. The van der Waals surface area contributed by atoms with Crippen LogP contribution in [0.25, 0.3) is 0 Å². The van der Waals surface area contributed by atoms with Gasteiger partial charge >= 0.3 is 6.03 Å². The number of para-hydroxylation sites is 1. The zero-order valence-corrected chi connectivity index (χ0v) is 12.4. The molecule has 6 heteroatoms. The van der Waals surface area contributed by atoms with Crippen LogP contribution in [-0.4, -0.2) is 25.6 Å². The molecule has 0 spiro atoms. The molecule has 3 amide bonds. The van der Waals surface area contributed by atoms with Crippen LogP contribution in [0, 0.1) is 0 Å². The normalized spacial score (nSPS) is 9.95. The molecule has 0 aliphatic heterocycles. The Kier molecular flexibility index (Phi) is 7.71. The molecule has 0 bridgehead atoms. The summed E-state index contributed by atoms with van der Waals surface area (Å²) in [5.74, 6) is 0.791. The molecule has 4 N–H and O–H groups in total. The number of methoxy groups -OCH3 is 1. The first-order chi connectivity index (χ1) is 10.1. The van der Waals surface area contributed by atoms with Gasteiger partial charge < -0.3 is 21.1 Å². The molecule has 0 aliphatic carbocycles. The van der Waals surface area contributed by atoms with Crippen LogP contribution in [0.2, 0.25) is 0 Å². The van der Waals surface area contributed by atoms with Crippen LogP contribution in [0.1, 0.15) is 31.2 Å². The fraction of sp³-hybridized carbons (Fsp3) is 0.467. The van der Waals surface area contributed by atoms with Gasteiger partial charge in [-0.25, -0.2) is 4.79 Å². The van der Waals surface area contributed by atoms with Crippen molar-refractivity contribution in [3.63, 3.8) is 0 Å². The number of urea groups is 1. The number of nitrogens with one attached hydrogen (secondary N) is 2. The molecule has 116 valence electrons. The van der Waals surface area contributed by atoms with Crippen molar-refractivity contribution >= 4 is 11.9 Å². The molecule has 0 aliphatic rings. The molecule has 1 aromatic rings. The van der Waals surface area contributed by atoms with Gasteiger partial charge in [0.1, 0.15) is 5.75 Å². The summed E-state index contributed by atoms with van der Waals surface area (Å²) < 4.78 is 5.23. The predicted molar refractivity (Wildman–Crippen MR) is 80.9 cm³/mol. The minimum atomic E-state index is -0.510. The van der Waals surface area contributed by atoms with E-state index in [0.717, 1.165) is 30.6 Å². The Morgan fingerprint density at radius 2 is 1.90 bits per heavy atom. The molecule has 1 rings (SSSR count). The molecule has 0 aromatic heterocycles. The first-order valence-corrected chi connectivity index (χ1v) is 7.05. The lowest BCUT2D eigenvalue weighted by Gasteiger charge is -2.09. The summed E-state index contributed by atoms with van der Waals surface area (Å²) in [4.78, 5) is 22.2. The fourth-order valence-electron chi connectivity index (χ4n) is 1.93. The summed E-state index contributed by atoms with van der Waals surface area (Å²) in [6, 6.07) is 7.09. The lowest BCUT2D eigenvalue weighted by atomic mass is 10.1. The highest BCUT2D eigenvalue weighted by Crippen LogP contribution is 2.16. The molecule has 0 radical (unpaired) electrons. The predicted octanol–water partition coefficient (Wildman–Crippen LogP) is 1.54. The second kappa shape index (κ2) is 9.63. The molecule has 0 unspecified atom stereocenters. The molecular formula is C15H23N3O3. The Labute approximate surface area is 125 Å². The van der Waals surface area contributed by atoms with Crippen molar-refractivity contribution in [3.05, 3.63) is 29.8 Å². The Morgan fingerprint density at radius 1 is 1.14 bits per heavy atom. The number of amides is 3. The number of carbonyl (C=O) groups excluding carboxylic acids is 2. The molecule has 0 heterocycles. The van der Waals surface area contributed by atoms with E-state index in [1.54, 1.807) is 7.11 Å². The SMILES string of the molecule is COc1ccccc1CNC(=O)CCCCCNC(N)=O. The van der Waals surface area contributed by atoms with Gasteiger partial charge in [0.2, 0.25) is 5.91 Å². The van der Waals surface area contributed by atoms with E-state index >= 15 is 0 Å². The Bertz CT molecular complexity index is 463. The maximum atomic E-state index is 11.7. The van der Waals surface area contributed by atoms with Crippen LogP contribution in [0.15, 0.2) is 24.3 Å². The van der Waals surface area contributed by atoms with E-state index in [1.807, 2.05) is 24.3 Å². The summed E-state index contributed by atoms with van der Waals surface area (Å²) in [5, 5.41) is 5.39. The van der Waals surface area contributed by atoms with Crippen molar-refractivity contribution in [2.24, 2.45) is 5.73 Å². The van der Waals surface area contributed by atoms with Crippen LogP contribution >= 0.6 is 0 Å². The molecule has 0 saturated heterocycles. The van der Waals surface area contributed by atoms with Crippen molar-refractivity contribution in [3.8, 4) is 5.75 Å². The van der Waals surface area contributed by atoms with Crippen LogP contribution in [-0.2, 0) is 11.3 Å². The van der Waals surface area contributed by atoms with Gasteiger partial charge in [-0.05, 0) is 18.9 Å². The van der Waals surface area contributed by atoms with E-state index in [0.29, 0.717) is 19.5 Å². The van der Waals surface area contributed by atoms with E-state index in [1.165, 1.54) is 0 Å². The summed E-state index contributed by atoms with van der Waals surface area (Å²) in [7, 11) is 1.61. The number of ether oxygens (including phenoxy) is 1. The van der Waals surface area contributed by atoms with E-state index in [4.69, 9.17) is 10.5 Å². The zero-order chi connectivity index (χ0) is 15.5. The second-order valence-corrected chi connectivity index (χ2v) is 4.69. The monoisotopic (exact) mass is 293 g/mol. The minimum Gasteiger partial charge on any atom is -0.496 e. The van der Waals surface area contributed by atoms with Crippen molar-refractivity contribution in [2.45, 2.75) is 32.2 Å². The lowest BCUT2D eigenvalue weighted by molar-refractivity contribution is -0.121. The standard InChI is InChI=1S/C15H23N3O3/c1-21-13-8-5-4-7-12(13)11-18-14(19)9-3-2-6-10-17-15(16)20/h4-5,7-8H,2-3,6,9-11H2,1H3,(H,18,19)(H3,16,17,20). The molecule has 0 fully saturated rings. The molecule has 0 saturated carbocycles. The number of carbonyl (C=O) groups is 2. The summed E-state index contributed by atoms with van der Waals surface area (Å²) in [6.45, 7) is 1.02. The molecular weight excluding hydrogens is 270 g/mol. The molecule has 6 nitrogen and oxygen atoms in total. The average molecular weight is 293 g/mol. The van der Waals surface area contributed by atoms with Crippen molar-refractivity contribution < 1.29 is 14.3 Å². The van der Waals surface area contributed by atoms with Gasteiger partial charge in [-0.2, -0.15) is 0 Å². The number of unbranched alkanes of at least 4 members (excludes halogenated alkanes) is 2. The quantitative estimate of drug-likeness (QED) is 0.603. The Hall–Kier alpha value is -2.24. The van der Waals surface area contributed by atoms with E-state index in [-0.39, 0.29) is 5.91 Å². The highest BCUT2D eigenvalue weighted by Gasteiger charge is 2.04. The van der Waals surface area contributed by atoms with Crippen LogP contribution in [0.5, 0.6) is 5.75 Å². The summed E-state index contributed by atoms with van der Waals surface area (Å²) in [5.41, 5.74) is 5.91. The van der Waals surface area contributed by atoms with Crippen LogP contribution < -0.4 is 21.1 Å². The maximum absolute atomic E-state index is 11.7. The van der Waals surface area contributed by atoms with Gasteiger partial charge in [-0.3, -0.25) is 4.79 Å². The fourth-order valence-corrected chi connectivity index (χ4v) is 1.93. The van der Waals surface area contributed by atoms with Gasteiger partial charge in [-0.15, -0.1) is 0 Å². The third-order valence-electron chi connectivity index (χ3n) is 3.05. The van der Waals surface area contributed by atoms with Gasteiger partial charge in [0, 0.05) is 25.1 Å². The Morgan fingerprint density at radius 3 is 2.62 bits per heavy atom. The number of benzene rings is 1. The first kappa shape index (κ1) is 16.8. The van der Waals surface area contributed by atoms with Crippen molar-refractivity contribution in [1.82, 2.24) is 10.6 Å². The van der Waals surface area contributed by atoms with Gasteiger partial charge in [0.25, 0.3) is 0 Å². The highest BCUT2D eigenvalue weighted by molar-refractivity contribution is 5.75. The van der Waals surface area contributed by atoms with Gasteiger partial charge in [-0.1, -0.05) is 24.6 Å². The summed E-state index contributed by atoms with van der Waals surface area (Å²) >= 11 is 0. The number of hydrogen-bond acceptors (Lipinski definition) is 3. The van der Waals surface area contributed by atoms with E-state index in [9.17, 15) is 9.59 Å². The smallest absolute Gasteiger partial charge is 0.312 e. The summed E-state index contributed by atoms with van der Waals surface area (Å²) in [6.07, 6.45) is 2.97. The lowest BCUT2D eigenvalue weighted by Crippen LogP contribution is -2.30. The maximum Gasteiger partial charge on any atom is 0.312 e. The topological polar surface area (TPSA) is 93.4 Å². The van der Waals surface area contributed by atoms with Crippen LogP contribution in [0.4, 0.5) is 4.79 Å². The van der Waals surface area contributed by atoms with Crippen molar-refractivity contribution in [1.29, 1.82) is 0 Å². The third kappa shape index (κ3) is 7.20. The second-order valence-electron chi connectivity index (χ2n) is 4.69. The number of primary amides is 1. The van der Waals surface area contributed by atoms with Crippen molar-refractivity contribution in [2.75, 3.05) is 13.7 Å². The zero-order valence-electron chi connectivity index (χ0n) is 12.4. The molecule has 0 atom stereocenters. The van der Waals surface area contributed by atoms with E-state index in [2.05, 4.69) is 10.6 Å². The first-order valence-electron chi connectivity index (χ1n) is 7.05. The van der Waals surface area contributed by atoms with E-state index < -0.39 is 6.03 Å². The molecule has 1 aromatic carbocycles. The highest BCUT2D eigenvalue weighted by atomic mass is 16.5. The van der Waals surface area contributed by atoms with Gasteiger partial charge in [0.15, 0.2) is 0 Å². The van der Waals surface area contributed by atoms with Gasteiger partial charge in [0.05, 0.1) is 7.11 Å². The van der Waals surface area contributed by atoms with Crippen LogP contribution in [0.3, 0.4) is 0 Å². The number of rotatable bonds is 9. The minimum absolute atomic E-state index is 0.0174. The average Bonchev–Trinajstić information content (AvgIpc) is 2.48. The third-order valence-corrected chi connectivity index (χ3v) is 3.05. The Balaban J connectivity index is 2.15. The number of hydrogen-bond donors (Lipinski definition) is 3.